The van der Waals surface area contributed by atoms with Crippen LogP contribution < -0.4 is 0 Å². The maximum Gasteiger partial charge on any atom is 0.112 e. The number of terminal acetylenes is 1. The van der Waals surface area contributed by atoms with Gasteiger partial charge >= 0.3 is 0 Å². The van der Waals surface area contributed by atoms with Crippen LogP contribution in [0.1, 0.15) is 7.06 Å². The molecule has 1 aromatic rings. The van der Waals surface area contributed by atoms with E-state index in [9.17, 15) is 0 Å². The molecule has 1 nitrogen and oxygen atoms in total. The van der Waals surface area contributed by atoms with E-state index in [-0.39, 0.29) is 0 Å². The fourth-order valence-electron chi connectivity index (χ4n) is 0.405. The highest BCUT2D eigenvalue weighted by Crippen LogP contribution is 1.86. The molecule has 1 heteroatoms. The second kappa shape index (κ2) is 2.13. The van der Waals surface area contributed by atoms with Gasteiger partial charge in [-0.2, -0.15) is 0 Å². The van der Waals surface area contributed by atoms with E-state index in [4.69, 9.17) is 7.79 Å². The van der Waals surface area contributed by atoms with E-state index < -0.39 is 0 Å². The van der Waals surface area contributed by atoms with Gasteiger partial charge in [0.1, 0.15) is 5.69 Å². The smallest absolute Gasteiger partial charge is 0.112 e. The van der Waals surface area contributed by atoms with Crippen molar-refractivity contribution in [3.8, 4) is 12.3 Å². The number of hydrogen-bond donors (Lipinski definition) is 0. The third-order valence-corrected chi connectivity index (χ3v) is 0.763. The summed E-state index contributed by atoms with van der Waals surface area (Å²) in [6.07, 6.45) is 6.45. The Kier molecular flexibility index (Phi) is 0.980. The molecule has 1 rings (SSSR count). The molecule has 0 atom stereocenters. The van der Waals surface area contributed by atoms with Crippen molar-refractivity contribution in [2.45, 2.75) is 0 Å². The summed E-state index contributed by atoms with van der Waals surface area (Å²) in [5, 5.41) is 0. The van der Waals surface area contributed by atoms with Gasteiger partial charge in [-0.1, -0.05) is 12.0 Å². The first kappa shape index (κ1) is 3.68. The van der Waals surface area contributed by atoms with Crippen LogP contribution in [0.2, 0.25) is 0 Å². The van der Waals surface area contributed by atoms with E-state index in [1.165, 1.54) is 6.20 Å². The molecule has 0 saturated carbocycles. The monoisotopic (exact) mass is 104 g/mol. The van der Waals surface area contributed by atoms with E-state index in [1.54, 1.807) is 12.1 Å². The zero-order valence-corrected chi connectivity index (χ0v) is 4.26. The molecule has 1 aromatic heterocycles. The van der Waals surface area contributed by atoms with E-state index >= 15 is 0 Å². The van der Waals surface area contributed by atoms with Gasteiger partial charge in [0.25, 0.3) is 0 Å². The lowest BCUT2D eigenvalue weighted by Crippen LogP contribution is -1.75. The van der Waals surface area contributed by atoms with E-state index in [1.807, 2.05) is 0 Å². The summed E-state index contributed by atoms with van der Waals surface area (Å²) in [6, 6.07) is 3.64. The van der Waals surface area contributed by atoms with Crippen LogP contribution in [-0.2, 0) is 0 Å². The van der Waals surface area contributed by atoms with Crippen LogP contribution in [0.3, 0.4) is 0 Å². The van der Waals surface area contributed by atoms with Crippen LogP contribution in [0, 0.1) is 12.3 Å². The van der Waals surface area contributed by atoms with Gasteiger partial charge in [-0.15, -0.1) is 6.42 Å². The Hall–Kier alpha value is -1.29. The first-order chi connectivity index (χ1) is 4.33. The van der Waals surface area contributed by atoms with E-state index in [0.29, 0.717) is 11.7 Å². The summed E-state index contributed by atoms with van der Waals surface area (Å²) < 4.78 is 7.04. The summed E-state index contributed by atoms with van der Waals surface area (Å²) in [5.74, 6) is 2.36. The molecule has 0 aromatic carbocycles. The molecular formula is C7H5N. The minimum Gasteiger partial charge on any atom is -0.248 e. The fraction of sp³-hybridized carbons (Fsp3) is 0. The zero-order valence-electron chi connectivity index (χ0n) is 5.26. The molecule has 0 radical (unpaired) electrons. The molecular weight excluding hydrogens is 98.1 g/mol. The number of rotatable bonds is 0. The summed E-state index contributed by atoms with van der Waals surface area (Å²) in [5.41, 5.74) is 0.575. The lowest BCUT2D eigenvalue weighted by molar-refractivity contribution is 1.29. The van der Waals surface area contributed by atoms with Gasteiger partial charge in [-0.05, 0) is 12.1 Å². The lowest BCUT2D eigenvalue weighted by Gasteiger charge is -1.81. The zero-order chi connectivity index (χ0) is 6.69. The first-order valence-electron chi connectivity index (χ1n) is 2.72. The molecule has 0 aliphatic heterocycles. The van der Waals surface area contributed by atoms with Crippen LogP contribution in [0.4, 0.5) is 0 Å². The van der Waals surface area contributed by atoms with Crippen molar-refractivity contribution < 1.29 is 1.37 Å². The molecule has 0 unspecified atom stereocenters. The molecule has 0 N–H and O–H groups in total. The Morgan fingerprint density at radius 1 is 1.88 bits per heavy atom. The maximum absolute atomic E-state index is 7.04. The SMILES string of the molecule is [2H]c1ccc(C#C)nc1. The summed E-state index contributed by atoms with van der Waals surface area (Å²) in [7, 11) is 0. The number of aromatic nitrogens is 1. The van der Waals surface area contributed by atoms with Gasteiger partial charge in [-0.3, -0.25) is 0 Å². The average molecular weight is 104 g/mol. The van der Waals surface area contributed by atoms with E-state index in [2.05, 4.69) is 10.9 Å². The number of nitrogens with zero attached hydrogens (tertiary/aromatic N) is 1. The van der Waals surface area contributed by atoms with Gasteiger partial charge in [0.05, 0.1) is 1.37 Å². The predicted octanol–water partition coefficient (Wildman–Crippen LogP) is 1.06. The Labute approximate surface area is 49.8 Å². The molecule has 0 aliphatic rings. The second-order valence-electron chi connectivity index (χ2n) is 1.29. The molecule has 0 bridgehead atoms. The molecule has 0 aliphatic carbocycles. The van der Waals surface area contributed by atoms with Crippen LogP contribution >= 0.6 is 0 Å². The van der Waals surface area contributed by atoms with Gasteiger partial charge in [0, 0.05) is 6.20 Å². The highest BCUT2D eigenvalue weighted by Gasteiger charge is 1.78. The topological polar surface area (TPSA) is 12.9 Å². The van der Waals surface area contributed by atoms with Gasteiger partial charge in [-0.25, -0.2) is 4.98 Å². The van der Waals surface area contributed by atoms with Crippen LogP contribution in [0.25, 0.3) is 0 Å². The van der Waals surface area contributed by atoms with Crippen molar-refractivity contribution in [3.63, 3.8) is 0 Å². The van der Waals surface area contributed by atoms with E-state index in [0.717, 1.165) is 0 Å². The van der Waals surface area contributed by atoms with Crippen molar-refractivity contribution in [2.24, 2.45) is 0 Å². The minimum absolute atomic E-state index is 0.383. The molecule has 1 heterocycles. The summed E-state index contributed by atoms with van der Waals surface area (Å²) >= 11 is 0. The highest BCUT2D eigenvalue weighted by atomic mass is 14.6. The summed E-state index contributed by atoms with van der Waals surface area (Å²) in [4.78, 5) is 3.77. The van der Waals surface area contributed by atoms with Gasteiger partial charge in [0.15, 0.2) is 0 Å². The third kappa shape index (κ3) is 0.855. The molecule has 8 heavy (non-hydrogen) atoms. The van der Waals surface area contributed by atoms with Crippen LogP contribution in [-0.4, -0.2) is 4.98 Å². The largest absolute Gasteiger partial charge is 0.248 e. The standard InChI is InChI=1S/C7H5N/c1-2-7-5-3-4-6-8-7/h1,3-6H/i4D. The first-order valence-corrected chi connectivity index (χ1v) is 2.22. The molecule has 0 saturated heterocycles. The predicted molar refractivity (Wildman–Crippen MR) is 32.2 cm³/mol. The Balaban J connectivity index is 3.06. The number of hydrogen-bond acceptors (Lipinski definition) is 1. The molecule has 38 valence electrons. The van der Waals surface area contributed by atoms with Crippen LogP contribution in [0.15, 0.2) is 24.4 Å². The maximum atomic E-state index is 7.04. The average Bonchev–Trinajstić information content (AvgIpc) is 1.90. The van der Waals surface area contributed by atoms with Crippen molar-refractivity contribution in [3.05, 3.63) is 30.1 Å². The number of pyridine rings is 1. The Morgan fingerprint density at radius 2 is 2.75 bits per heavy atom. The quantitative estimate of drug-likeness (QED) is 0.448. The molecule has 0 amide bonds. The minimum atomic E-state index is 0.383. The van der Waals surface area contributed by atoms with Crippen molar-refractivity contribution in [1.82, 2.24) is 4.98 Å². The van der Waals surface area contributed by atoms with Gasteiger partial charge in [0.2, 0.25) is 0 Å². The fourth-order valence-corrected chi connectivity index (χ4v) is 0.405. The van der Waals surface area contributed by atoms with Crippen molar-refractivity contribution in [2.75, 3.05) is 0 Å². The lowest BCUT2D eigenvalue weighted by atomic mass is 10.4. The molecule has 0 spiro atoms. The third-order valence-electron chi connectivity index (χ3n) is 0.763. The normalized spacial score (nSPS) is 9.62. The summed E-state index contributed by atoms with van der Waals surface area (Å²) in [6.45, 7) is 0. The Morgan fingerprint density at radius 3 is 3.25 bits per heavy atom. The van der Waals surface area contributed by atoms with Gasteiger partial charge < -0.3 is 0 Å². The van der Waals surface area contributed by atoms with Crippen molar-refractivity contribution in [1.29, 1.82) is 0 Å². The molecule has 0 fully saturated rings. The van der Waals surface area contributed by atoms with Crippen molar-refractivity contribution >= 4 is 0 Å². The highest BCUT2D eigenvalue weighted by molar-refractivity contribution is 5.22. The second-order valence-corrected chi connectivity index (χ2v) is 1.29. The van der Waals surface area contributed by atoms with Crippen LogP contribution in [0.5, 0.6) is 0 Å². The Bertz CT molecular complexity index is 232.